The van der Waals surface area contributed by atoms with Crippen molar-refractivity contribution < 1.29 is 8.78 Å². The topological polar surface area (TPSA) is 62.8 Å². The van der Waals surface area contributed by atoms with Gasteiger partial charge in [-0.25, -0.2) is 4.39 Å². The Morgan fingerprint density at radius 2 is 1.79 bits per heavy atom. The summed E-state index contributed by atoms with van der Waals surface area (Å²) < 4.78 is 29.0. The maximum atomic E-state index is 15.0. The van der Waals surface area contributed by atoms with Gasteiger partial charge in [-0.1, -0.05) is 61.1 Å². The first kappa shape index (κ1) is 23.3. The van der Waals surface area contributed by atoms with Gasteiger partial charge in [0, 0.05) is 17.4 Å². The summed E-state index contributed by atoms with van der Waals surface area (Å²) in [5, 5.41) is 7.52. The van der Waals surface area contributed by atoms with E-state index in [0.29, 0.717) is 11.1 Å². The first-order chi connectivity index (χ1) is 16.3. The van der Waals surface area contributed by atoms with Crippen molar-refractivity contribution in [1.82, 2.24) is 4.98 Å². The number of nitrogen functional groups attached to an aromatic ring is 1. The van der Waals surface area contributed by atoms with E-state index in [0.717, 1.165) is 47.1 Å². The van der Waals surface area contributed by atoms with E-state index >= 15 is 4.39 Å². The molecule has 1 aromatic heterocycles. The fourth-order valence-electron chi connectivity index (χ4n) is 4.23. The van der Waals surface area contributed by atoms with Crippen molar-refractivity contribution in [1.29, 1.82) is 5.41 Å². The average Bonchev–Trinajstić information content (AvgIpc) is 2.78. The van der Waals surface area contributed by atoms with Crippen LogP contribution in [0.25, 0.3) is 17.2 Å². The van der Waals surface area contributed by atoms with E-state index < -0.39 is 11.8 Å². The summed E-state index contributed by atoms with van der Waals surface area (Å²) in [5.41, 5.74) is 11.9. The maximum absolute atomic E-state index is 15.0. The summed E-state index contributed by atoms with van der Waals surface area (Å²) in [4.78, 5) is 3.92. The number of nitrogens with two attached hydrogens (primary N) is 1. The normalized spacial score (nSPS) is 14.6. The smallest absolute Gasteiger partial charge is 0.214 e. The summed E-state index contributed by atoms with van der Waals surface area (Å²) in [6, 6.07) is 14.6. The van der Waals surface area contributed by atoms with Crippen molar-refractivity contribution in [3.05, 3.63) is 113 Å². The fourth-order valence-corrected chi connectivity index (χ4v) is 4.23. The van der Waals surface area contributed by atoms with Crippen LogP contribution in [-0.2, 0) is 0 Å². The minimum atomic E-state index is -1.10. The van der Waals surface area contributed by atoms with Gasteiger partial charge in [0.15, 0.2) is 0 Å². The lowest BCUT2D eigenvalue weighted by molar-refractivity contribution is 0.399. The molecule has 3 nitrogen and oxygen atoms in total. The van der Waals surface area contributed by atoms with Crippen LogP contribution in [0, 0.1) is 17.1 Å². The molecule has 0 amide bonds. The quantitative estimate of drug-likeness (QED) is 0.221. The van der Waals surface area contributed by atoms with Crippen molar-refractivity contribution in [2.45, 2.75) is 26.2 Å². The van der Waals surface area contributed by atoms with Crippen LogP contribution in [0.5, 0.6) is 0 Å². The zero-order valence-corrected chi connectivity index (χ0v) is 19.1. The van der Waals surface area contributed by atoms with Gasteiger partial charge in [0.25, 0.3) is 0 Å². The SMILES string of the molecule is C=C(C)/C=C/c1ccc(/C(=C(\c2ccncc2F)C2CCC2)c2ccc(N)c(C(=N)F)c2)cc1. The van der Waals surface area contributed by atoms with Crippen LogP contribution in [0.15, 0.2) is 79.2 Å². The molecule has 2 aromatic carbocycles. The Labute approximate surface area is 198 Å². The molecule has 0 saturated heterocycles. The van der Waals surface area contributed by atoms with Crippen LogP contribution < -0.4 is 5.73 Å². The third kappa shape index (κ3) is 4.88. The Kier molecular flexibility index (Phi) is 6.82. The van der Waals surface area contributed by atoms with Gasteiger partial charge >= 0.3 is 0 Å². The molecule has 0 spiro atoms. The monoisotopic (exact) mass is 455 g/mol. The average molecular weight is 456 g/mol. The van der Waals surface area contributed by atoms with Crippen LogP contribution >= 0.6 is 0 Å². The first-order valence-electron chi connectivity index (χ1n) is 11.3. The van der Waals surface area contributed by atoms with Crippen molar-refractivity contribution >= 4 is 28.9 Å². The van der Waals surface area contributed by atoms with Crippen LogP contribution in [0.1, 0.15) is 54.0 Å². The molecule has 5 heteroatoms. The van der Waals surface area contributed by atoms with Gasteiger partial charge < -0.3 is 5.73 Å². The zero-order chi connectivity index (χ0) is 24.2. The Bertz CT molecular complexity index is 1300. The molecule has 1 saturated carbocycles. The molecule has 0 bridgehead atoms. The minimum Gasteiger partial charge on any atom is -0.398 e. The van der Waals surface area contributed by atoms with Gasteiger partial charge in [0.1, 0.15) is 5.82 Å². The van der Waals surface area contributed by atoms with E-state index in [1.165, 1.54) is 6.20 Å². The number of nitrogens with zero attached hydrogens (tertiary/aromatic N) is 1. The second kappa shape index (κ2) is 9.96. The van der Waals surface area contributed by atoms with Gasteiger partial charge in [-0.05, 0) is 71.7 Å². The summed E-state index contributed by atoms with van der Waals surface area (Å²) in [5.74, 6) is -1.32. The molecular formula is C29H27F2N3. The molecule has 0 atom stereocenters. The molecule has 1 fully saturated rings. The van der Waals surface area contributed by atoms with Crippen LogP contribution in [-0.4, -0.2) is 10.9 Å². The second-order valence-corrected chi connectivity index (χ2v) is 8.69. The lowest BCUT2D eigenvalue weighted by atomic mass is 9.73. The van der Waals surface area contributed by atoms with Gasteiger partial charge in [-0.15, -0.1) is 0 Å². The summed E-state index contributed by atoms with van der Waals surface area (Å²) in [6.45, 7) is 5.82. The summed E-state index contributed by atoms with van der Waals surface area (Å²) in [6.07, 6.45) is 9.70. The molecule has 1 heterocycles. The van der Waals surface area contributed by atoms with Gasteiger partial charge in [-0.3, -0.25) is 10.4 Å². The number of pyridine rings is 1. The Balaban J connectivity index is 1.98. The number of hydrogen-bond donors (Lipinski definition) is 2. The van der Waals surface area contributed by atoms with E-state index in [1.54, 1.807) is 24.4 Å². The number of allylic oxidation sites excluding steroid dienone is 3. The third-order valence-electron chi connectivity index (χ3n) is 6.18. The molecule has 172 valence electrons. The van der Waals surface area contributed by atoms with Crippen molar-refractivity contribution in [3.63, 3.8) is 0 Å². The number of benzene rings is 2. The van der Waals surface area contributed by atoms with Crippen LogP contribution in [0.2, 0.25) is 0 Å². The minimum absolute atomic E-state index is 0.0270. The van der Waals surface area contributed by atoms with E-state index in [-0.39, 0.29) is 17.2 Å². The molecule has 1 aliphatic carbocycles. The van der Waals surface area contributed by atoms with Crippen LogP contribution in [0.4, 0.5) is 14.5 Å². The Hall–Kier alpha value is -3.86. The Morgan fingerprint density at radius 1 is 1.09 bits per heavy atom. The fraction of sp³-hybridized carbons (Fsp3) is 0.172. The molecule has 0 aliphatic heterocycles. The third-order valence-corrected chi connectivity index (χ3v) is 6.18. The zero-order valence-electron chi connectivity index (χ0n) is 19.1. The number of halogens is 2. The Morgan fingerprint density at radius 3 is 2.38 bits per heavy atom. The number of hydrogen-bond acceptors (Lipinski definition) is 3. The molecule has 0 radical (unpaired) electrons. The van der Waals surface area contributed by atoms with Gasteiger partial charge in [0.2, 0.25) is 5.97 Å². The van der Waals surface area contributed by atoms with Gasteiger partial charge in [-0.2, -0.15) is 4.39 Å². The van der Waals surface area contributed by atoms with E-state index in [4.69, 9.17) is 11.1 Å². The number of rotatable bonds is 7. The summed E-state index contributed by atoms with van der Waals surface area (Å²) >= 11 is 0. The van der Waals surface area contributed by atoms with Crippen molar-refractivity contribution in [2.24, 2.45) is 5.92 Å². The highest BCUT2D eigenvalue weighted by molar-refractivity contribution is 6.03. The van der Waals surface area contributed by atoms with Crippen LogP contribution in [0.3, 0.4) is 0 Å². The van der Waals surface area contributed by atoms with Gasteiger partial charge in [0.05, 0.1) is 11.8 Å². The number of anilines is 1. The predicted molar refractivity (Wildman–Crippen MR) is 137 cm³/mol. The largest absolute Gasteiger partial charge is 0.398 e. The highest BCUT2D eigenvalue weighted by atomic mass is 19.1. The number of nitrogens with one attached hydrogen (secondary N) is 1. The highest BCUT2D eigenvalue weighted by Gasteiger charge is 2.29. The van der Waals surface area contributed by atoms with E-state index in [2.05, 4.69) is 11.6 Å². The standard InChI is InChI=1S/C29H27F2N3/c1-18(2)6-7-19-8-10-21(11-9-19)27(22-12-13-26(32)24(16-22)29(31)33)28(20-4-3-5-20)23-14-15-34-17-25(23)30/h6-17,20,33H,1,3-5,32H2,2H3/b7-6+,28-27+,33-29?. The van der Waals surface area contributed by atoms with Crippen molar-refractivity contribution in [2.75, 3.05) is 5.73 Å². The molecule has 34 heavy (non-hydrogen) atoms. The van der Waals surface area contributed by atoms with Crippen molar-refractivity contribution in [3.8, 4) is 0 Å². The first-order valence-corrected chi connectivity index (χ1v) is 11.3. The number of aromatic nitrogens is 1. The lowest BCUT2D eigenvalue weighted by Crippen LogP contribution is -2.16. The molecule has 4 rings (SSSR count). The van der Waals surface area contributed by atoms with E-state index in [9.17, 15) is 4.39 Å². The molecule has 3 N–H and O–H groups in total. The lowest BCUT2D eigenvalue weighted by Gasteiger charge is -2.32. The molecule has 1 aliphatic rings. The second-order valence-electron chi connectivity index (χ2n) is 8.69. The highest BCUT2D eigenvalue weighted by Crippen LogP contribution is 2.45. The predicted octanol–water partition coefficient (Wildman–Crippen LogP) is 7.45. The molecule has 3 aromatic rings. The molecular weight excluding hydrogens is 428 g/mol. The van der Waals surface area contributed by atoms with E-state index in [1.807, 2.05) is 49.4 Å². The maximum Gasteiger partial charge on any atom is 0.214 e. The molecule has 0 unspecified atom stereocenters. The summed E-state index contributed by atoms with van der Waals surface area (Å²) in [7, 11) is 0.